The summed E-state index contributed by atoms with van der Waals surface area (Å²) in [5.41, 5.74) is 3.22. The zero-order valence-corrected chi connectivity index (χ0v) is 18.1. The lowest BCUT2D eigenvalue weighted by atomic mass is 10.1. The second-order valence-corrected chi connectivity index (χ2v) is 8.05. The van der Waals surface area contributed by atoms with Gasteiger partial charge in [-0.05, 0) is 38.0 Å². The number of benzene rings is 2. The molecule has 6 heteroatoms. The molecule has 0 bridgehead atoms. The predicted molar refractivity (Wildman–Crippen MR) is 117 cm³/mol. The van der Waals surface area contributed by atoms with Crippen LogP contribution in [0, 0.1) is 6.92 Å². The Bertz CT molecular complexity index is 795. The number of halogens is 1. The van der Waals surface area contributed by atoms with E-state index in [-0.39, 0.29) is 11.8 Å². The van der Waals surface area contributed by atoms with Gasteiger partial charge in [0.25, 0.3) is 0 Å². The molecule has 0 aliphatic rings. The molecule has 0 heterocycles. The summed E-state index contributed by atoms with van der Waals surface area (Å²) in [5.74, 6) is 0.825. The van der Waals surface area contributed by atoms with E-state index in [1.807, 2.05) is 25.1 Å². The highest BCUT2D eigenvalue weighted by atomic mass is 35.5. The molecule has 0 radical (unpaired) electrons. The van der Waals surface area contributed by atoms with Crippen molar-refractivity contribution < 1.29 is 9.59 Å². The molecule has 0 aliphatic carbocycles. The first-order valence-electron chi connectivity index (χ1n) is 9.36. The minimum Gasteiger partial charge on any atom is -0.355 e. The number of likely N-dealkylation sites (N-methyl/N-ethyl adjacent to an activating group) is 1. The lowest BCUT2D eigenvalue weighted by molar-refractivity contribution is -0.138. The molecule has 1 N–H and O–H groups in total. The van der Waals surface area contributed by atoms with Gasteiger partial charge in [-0.2, -0.15) is 0 Å². The number of carbonyl (C=O) groups is 2. The zero-order chi connectivity index (χ0) is 20.5. The SMILES string of the molecule is CCNC(=O)[C@H](C)N(Cc1ccccc1Cl)C(=O)CSCc1ccc(C)cc1. The molecule has 4 nitrogen and oxygen atoms in total. The van der Waals surface area contributed by atoms with Gasteiger partial charge in [-0.3, -0.25) is 9.59 Å². The van der Waals surface area contributed by atoms with Crippen molar-refractivity contribution in [2.75, 3.05) is 12.3 Å². The molecule has 2 rings (SSSR count). The molecule has 1 atom stereocenters. The molecule has 2 aromatic carbocycles. The minimum absolute atomic E-state index is 0.0733. The fourth-order valence-electron chi connectivity index (χ4n) is 2.74. The third-order valence-corrected chi connectivity index (χ3v) is 5.79. The van der Waals surface area contributed by atoms with Gasteiger partial charge in [0.05, 0.1) is 5.75 Å². The van der Waals surface area contributed by atoms with E-state index >= 15 is 0 Å². The van der Waals surface area contributed by atoms with E-state index in [4.69, 9.17) is 11.6 Å². The van der Waals surface area contributed by atoms with Gasteiger partial charge < -0.3 is 10.2 Å². The maximum atomic E-state index is 12.9. The number of rotatable bonds is 9. The molecule has 2 amide bonds. The van der Waals surface area contributed by atoms with Gasteiger partial charge in [0.2, 0.25) is 11.8 Å². The lowest BCUT2D eigenvalue weighted by Crippen LogP contribution is -2.48. The normalized spacial score (nSPS) is 11.7. The Balaban J connectivity index is 2.06. The smallest absolute Gasteiger partial charge is 0.242 e. The third-order valence-electron chi connectivity index (χ3n) is 4.43. The highest BCUT2D eigenvalue weighted by molar-refractivity contribution is 7.99. The van der Waals surface area contributed by atoms with Crippen LogP contribution in [0.4, 0.5) is 0 Å². The van der Waals surface area contributed by atoms with E-state index in [2.05, 4.69) is 36.5 Å². The summed E-state index contributed by atoms with van der Waals surface area (Å²) in [4.78, 5) is 26.9. The molecule has 2 aromatic rings. The van der Waals surface area contributed by atoms with Crippen molar-refractivity contribution in [3.63, 3.8) is 0 Å². The number of hydrogen-bond donors (Lipinski definition) is 1. The average molecular weight is 419 g/mol. The molecule has 150 valence electrons. The van der Waals surface area contributed by atoms with Crippen LogP contribution >= 0.6 is 23.4 Å². The number of aryl methyl sites for hydroxylation is 1. The molecule has 28 heavy (non-hydrogen) atoms. The topological polar surface area (TPSA) is 49.4 Å². The van der Waals surface area contributed by atoms with Gasteiger partial charge in [-0.1, -0.05) is 59.6 Å². The number of thioether (sulfide) groups is 1. The van der Waals surface area contributed by atoms with Crippen LogP contribution in [0.25, 0.3) is 0 Å². The van der Waals surface area contributed by atoms with Gasteiger partial charge in [0, 0.05) is 23.9 Å². The van der Waals surface area contributed by atoms with Crippen molar-refractivity contribution >= 4 is 35.2 Å². The number of carbonyl (C=O) groups excluding carboxylic acids is 2. The van der Waals surface area contributed by atoms with Crippen LogP contribution in [0.1, 0.15) is 30.5 Å². The molecule has 0 saturated heterocycles. The van der Waals surface area contributed by atoms with Crippen molar-refractivity contribution in [3.8, 4) is 0 Å². The summed E-state index contributed by atoms with van der Waals surface area (Å²) in [6, 6.07) is 15.1. The van der Waals surface area contributed by atoms with E-state index in [9.17, 15) is 9.59 Å². The summed E-state index contributed by atoms with van der Waals surface area (Å²) >= 11 is 7.82. The van der Waals surface area contributed by atoms with Crippen molar-refractivity contribution in [2.24, 2.45) is 0 Å². The van der Waals surface area contributed by atoms with Crippen LogP contribution in [0.15, 0.2) is 48.5 Å². The Morgan fingerprint density at radius 3 is 2.46 bits per heavy atom. The number of nitrogens with one attached hydrogen (secondary N) is 1. The largest absolute Gasteiger partial charge is 0.355 e. The summed E-state index contributed by atoms with van der Waals surface area (Å²) in [7, 11) is 0. The van der Waals surface area contributed by atoms with E-state index in [1.54, 1.807) is 29.7 Å². The highest BCUT2D eigenvalue weighted by Crippen LogP contribution is 2.20. The summed E-state index contributed by atoms with van der Waals surface area (Å²) in [6.07, 6.45) is 0. The first kappa shape index (κ1) is 22.3. The molecule has 0 unspecified atom stereocenters. The Kier molecular flexibility index (Phi) is 8.87. The number of nitrogens with zero attached hydrogens (tertiary/aromatic N) is 1. The maximum absolute atomic E-state index is 12.9. The van der Waals surface area contributed by atoms with Crippen LogP contribution in [-0.2, 0) is 21.9 Å². The molecule has 0 spiro atoms. The zero-order valence-electron chi connectivity index (χ0n) is 16.6. The fraction of sp³-hybridized carbons (Fsp3) is 0.364. The fourth-order valence-corrected chi connectivity index (χ4v) is 3.80. The third kappa shape index (κ3) is 6.57. The monoisotopic (exact) mass is 418 g/mol. The van der Waals surface area contributed by atoms with Crippen LogP contribution in [0.5, 0.6) is 0 Å². The molecule has 0 aromatic heterocycles. The van der Waals surface area contributed by atoms with Crippen LogP contribution < -0.4 is 5.32 Å². The van der Waals surface area contributed by atoms with Gasteiger partial charge in [0.1, 0.15) is 6.04 Å². The molecule has 0 aliphatic heterocycles. The second kappa shape index (κ2) is 11.1. The highest BCUT2D eigenvalue weighted by Gasteiger charge is 2.26. The van der Waals surface area contributed by atoms with Gasteiger partial charge >= 0.3 is 0 Å². The predicted octanol–water partition coefficient (Wildman–Crippen LogP) is 4.44. The molecule has 0 fully saturated rings. The minimum atomic E-state index is -0.566. The van der Waals surface area contributed by atoms with E-state index in [1.165, 1.54) is 11.1 Å². The van der Waals surface area contributed by atoms with Crippen molar-refractivity contribution in [1.82, 2.24) is 10.2 Å². The van der Waals surface area contributed by atoms with E-state index < -0.39 is 6.04 Å². The van der Waals surface area contributed by atoms with Crippen LogP contribution in [0.3, 0.4) is 0 Å². The summed E-state index contributed by atoms with van der Waals surface area (Å²) in [6.45, 7) is 6.50. The van der Waals surface area contributed by atoms with Gasteiger partial charge in [-0.15, -0.1) is 11.8 Å². The average Bonchev–Trinajstić information content (AvgIpc) is 2.68. The van der Waals surface area contributed by atoms with E-state index in [0.29, 0.717) is 23.9 Å². The Morgan fingerprint density at radius 1 is 1.14 bits per heavy atom. The molecule has 0 saturated carbocycles. The van der Waals surface area contributed by atoms with Crippen molar-refractivity contribution in [1.29, 1.82) is 0 Å². The van der Waals surface area contributed by atoms with Gasteiger partial charge in [0.15, 0.2) is 0 Å². The standard InChI is InChI=1S/C22H27ClN2O2S/c1-4-24-22(27)17(3)25(13-19-7-5-6-8-20(19)23)21(26)15-28-14-18-11-9-16(2)10-12-18/h5-12,17H,4,13-15H2,1-3H3,(H,24,27)/t17-/m0/s1. The summed E-state index contributed by atoms with van der Waals surface area (Å²) < 4.78 is 0. The number of hydrogen-bond acceptors (Lipinski definition) is 3. The quantitative estimate of drug-likeness (QED) is 0.655. The summed E-state index contributed by atoms with van der Waals surface area (Å²) in [5, 5.41) is 3.39. The van der Waals surface area contributed by atoms with E-state index in [0.717, 1.165) is 11.3 Å². The molecular weight excluding hydrogens is 392 g/mol. The Labute approximate surface area is 176 Å². The van der Waals surface area contributed by atoms with Crippen molar-refractivity contribution in [2.45, 2.75) is 39.1 Å². The second-order valence-electron chi connectivity index (χ2n) is 6.66. The van der Waals surface area contributed by atoms with Crippen LogP contribution in [0.2, 0.25) is 5.02 Å². The maximum Gasteiger partial charge on any atom is 0.242 e. The Morgan fingerprint density at radius 2 is 1.82 bits per heavy atom. The van der Waals surface area contributed by atoms with Crippen LogP contribution in [-0.4, -0.2) is 35.1 Å². The first-order valence-corrected chi connectivity index (χ1v) is 10.9. The van der Waals surface area contributed by atoms with Gasteiger partial charge in [-0.25, -0.2) is 0 Å². The first-order chi connectivity index (χ1) is 13.4. The Hall–Kier alpha value is -1.98. The lowest BCUT2D eigenvalue weighted by Gasteiger charge is -2.29. The van der Waals surface area contributed by atoms with Crippen molar-refractivity contribution in [3.05, 3.63) is 70.2 Å². The molecular formula is C22H27ClN2O2S. The number of amides is 2.